The average molecular weight is 196 g/mol. The van der Waals surface area contributed by atoms with Crippen molar-refractivity contribution >= 4 is 23.0 Å². The molecular formula is C9H12N2OS. The Balaban J connectivity index is 2.73. The molecule has 0 aliphatic carbocycles. The van der Waals surface area contributed by atoms with Gasteiger partial charge >= 0.3 is 0 Å². The van der Waals surface area contributed by atoms with E-state index >= 15 is 0 Å². The van der Waals surface area contributed by atoms with Crippen LogP contribution in [0.5, 0.6) is 0 Å². The summed E-state index contributed by atoms with van der Waals surface area (Å²) in [6.45, 7) is 0.149. The van der Waals surface area contributed by atoms with Crippen LogP contribution in [0.25, 0.3) is 0 Å². The minimum Gasteiger partial charge on any atom is -0.396 e. The molecule has 0 aliphatic rings. The van der Waals surface area contributed by atoms with Crippen LogP contribution in [0.1, 0.15) is 5.56 Å². The molecule has 1 aromatic carbocycles. The molecule has 0 atom stereocenters. The van der Waals surface area contributed by atoms with E-state index in [1.54, 1.807) is 0 Å². The quantitative estimate of drug-likeness (QED) is 0.628. The Morgan fingerprint density at radius 3 is 2.92 bits per heavy atom. The number of thiocarbonyl (C=S) groups is 1. The third kappa shape index (κ3) is 3.40. The van der Waals surface area contributed by atoms with Gasteiger partial charge in [-0.2, -0.15) is 0 Å². The fraction of sp³-hybridized carbons (Fsp3) is 0.222. The molecule has 3 nitrogen and oxygen atoms in total. The van der Waals surface area contributed by atoms with E-state index in [-0.39, 0.29) is 11.7 Å². The molecule has 1 rings (SSSR count). The molecule has 13 heavy (non-hydrogen) atoms. The first kappa shape index (κ1) is 9.95. The van der Waals surface area contributed by atoms with E-state index in [1.165, 1.54) is 0 Å². The molecule has 0 saturated heterocycles. The van der Waals surface area contributed by atoms with Crippen LogP contribution in [0.15, 0.2) is 24.3 Å². The zero-order valence-electron chi connectivity index (χ0n) is 7.16. The molecule has 4 N–H and O–H groups in total. The van der Waals surface area contributed by atoms with Crippen LogP contribution in [-0.2, 0) is 6.42 Å². The summed E-state index contributed by atoms with van der Waals surface area (Å²) in [5.74, 6) is 0. The largest absolute Gasteiger partial charge is 0.396 e. The van der Waals surface area contributed by atoms with Crippen molar-refractivity contribution in [1.82, 2.24) is 0 Å². The number of nitrogens with one attached hydrogen (secondary N) is 1. The first-order valence-electron chi connectivity index (χ1n) is 3.98. The van der Waals surface area contributed by atoms with Crippen molar-refractivity contribution in [1.29, 1.82) is 0 Å². The highest BCUT2D eigenvalue weighted by molar-refractivity contribution is 7.80. The van der Waals surface area contributed by atoms with E-state index in [9.17, 15) is 0 Å². The van der Waals surface area contributed by atoms with Gasteiger partial charge in [0.05, 0.1) is 0 Å². The number of rotatable bonds is 3. The summed E-state index contributed by atoms with van der Waals surface area (Å²) in [5, 5.41) is 11.8. The van der Waals surface area contributed by atoms with Gasteiger partial charge in [0.15, 0.2) is 5.11 Å². The highest BCUT2D eigenvalue weighted by atomic mass is 32.1. The lowest BCUT2D eigenvalue weighted by molar-refractivity contribution is 0.299. The SMILES string of the molecule is NC(=S)Nc1cccc(CCO)c1. The van der Waals surface area contributed by atoms with Gasteiger partial charge in [-0.25, -0.2) is 0 Å². The molecule has 0 unspecified atom stereocenters. The molecule has 4 heteroatoms. The zero-order valence-corrected chi connectivity index (χ0v) is 7.97. The number of aliphatic hydroxyl groups is 1. The number of anilines is 1. The number of benzene rings is 1. The van der Waals surface area contributed by atoms with Gasteiger partial charge in [0.1, 0.15) is 0 Å². The second kappa shape index (κ2) is 4.79. The molecule has 0 fully saturated rings. The number of aliphatic hydroxyl groups excluding tert-OH is 1. The summed E-state index contributed by atoms with van der Waals surface area (Å²) < 4.78 is 0. The molecule has 0 spiro atoms. The topological polar surface area (TPSA) is 58.3 Å². The average Bonchev–Trinajstić information content (AvgIpc) is 2.04. The van der Waals surface area contributed by atoms with Crippen molar-refractivity contribution < 1.29 is 5.11 Å². The van der Waals surface area contributed by atoms with Gasteiger partial charge in [-0.05, 0) is 36.3 Å². The molecule has 0 radical (unpaired) electrons. The van der Waals surface area contributed by atoms with Gasteiger partial charge in [0.2, 0.25) is 0 Å². The van der Waals surface area contributed by atoms with Crippen LogP contribution < -0.4 is 11.1 Å². The zero-order chi connectivity index (χ0) is 9.68. The van der Waals surface area contributed by atoms with Gasteiger partial charge in [-0.3, -0.25) is 0 Å². The molecular weight excluding hydrogens is 184 g/mol. The first-order valence-corrected chi connectivity index (χ1v) is 4.39. The van der Waals surface area contributed by atoms with Crippen LogP contribution in [-0.4, -0.2) is 16.8 Å². The Labute approximate surface area is 82.6 Å². The summed E-state index contributed by atoms with van der Waals surface area (Å²) in [7, 11) is 0. The lowest BCUT2D eigenvalue weighted by Gasteiger charge is -2.05. The Kier molecular flexibility index (Phi) is 3.67. The molecule has 0 saturated carbocycles. The summed E-state index contributed by atoms with van der Waals surface area (Å²) >= 11 is 4.70. The Hall–Kier alpha value is -1.13. The maximum atomic E-state index is 8.72. The lowest BCUT2D eigenvalue weighted by atomic mass is 10.1. The van der Waals surface area contributed by atoms with E-state index in [1.807, 2.05) is 24.3 Å². The van der Waals surface area contributed by atoms with Crippen molar-refractivity contribution in [3.8, 4) is 0 Å². The predicted octanol–water partition coefficient (Wildman–Crippen LogP) is 0.877. The third-order valence-corrected chi connectivity index (χ3v) is 1.70. The third-order valence-electron chi connectivity index (χ3n) is 1.59. The fourth-order valence-electron chi connectivity index (χ4n) is 1.08. The smallest absolute Gasteiger partial charge is 0.168 e. The van der Waals surface area contributed by atoms with Crippen molar-refractivity contribution in [3.63, 3.8) is 0 Å². The van der Waals surface area contributed by atoms with Crippen LogP contribution in [0, 0.1) is 0 Å². The molecule has 0 bridgehead atoms. The van der Waals surface area contributed by atoms with E-state index in [2.05, 4.69) is 5.32 Å². The number of hydrogen-bond acceptors (Lipinski definition) is 2. The highest BCUT2D eigenvalue weighted by Crippen LogP contribution is 2.10. The van der Waals surface area contributed by atoms with Gasteiger partial charge in [0, 0.05) is 12.3 Å². The maximum Gasteiger partial charge on any atom is 0.168 e. The lowest BCUT2D eigenvalue weighted by Crippen LogP contribution is -2.18. The second-order valence-electron chi connectivity index (χ2n) is 2.66. The van der Waals surface area contributed by atoms with Gasteiger partial charge in [-0.15, -0.1) is 0 Å². The molecule has 0 amide bonds. The van der Waals surface area contributed by atoms with Gasteiger partial charge < -0.3 is 16.2 Å². The minimum absolute atomic E-state index is 0.149. The minimum atomic E-state index is 0.149. The van der Waals surface area contributed by atoms with Gasteiger partial charge in [-0.1, -0.05) is 12.1 Å². The van der Waals surface area contributed by atoms with Gasteiger partial charge in [0.25, 0.3) is 0 Å². The van der Waals surface area contributed by atoms with Crippen LogP contribution in [0.2, 0.25) is 0 Å². The number of nitrogens with two attached hydrogens (primary N) is 1. The van der Waals surface area contributed by atoms with Crippen molar-refractivity contribution in [3.05, 3.63) is 29.8 Å². The predicted molar refractivity (Wildman–Crippen MR) is 57.6 cm³/mol. The molecule has 0 heterocycles. The van der Waals surface area contributed by atoms with E-state index in [0.29, 0.717) is 6.42 Å². The Bertz CT molecular complexity index is 301. The van der Waals surface area contributed by atoms with Crippen LogP contribution in [0.3, 0.4) is 0 Å². The van der Waals surface area contributed by atoms with Crippen molar-refractivity contribution in [2.45, 2.75) is 6.42 Å². The summed E-state index contributed by atoms with van der Waals surface area (Å²) in [4.78, 5) is 0. The monoisotopic (exact) mass is 196 g/mol. The first-order chi connectivity index (χ1) is 6.22. The second-order valence-corrected chi connectivity index (χ2v) is 3.10. The van der Waals surface area contributed by atoms with Crippen molar-refractivity contribution in [2.75, 3.05) is 11.9 Å². The summed E-state index contributed by atoms with van der Waals surface area (Å²) in [6, 6.07) is 7.63. The maximum absolute atomic E-state index is 8.72. The normalized spacial score (nSPS) is 9.62. The molecule has 1 aromatic rings. The molecule has 70 valence electrons. The standard InChI is InChI=1S/C9H12N2OS/c10-9(13)11-8-3-1-2-7(6-8)4-5-12/h1-3,6,12H,4-5H2,(H3,10,11,13). The molecule has 0 aromatic heterocycles. The Morgan fingerprint density at radius 1 is 1.54 bits per heavy atom. The summed E-state index contributed by atoms with van der Waals surface area (Å²) in [6.07, 6.45) is 0.646. The number of hydrogen-bond donors (Lipinski definition) is 3. The van der Waals surface area contributed by atoms with E-state index < -0.39 is 0 Å². The Morgan fingerprint density at radius 2 is 2.31 bits per heavy atom. The van der Waals surface area contributed by atoms with E-state index in [0.717, 1.165) is 11.3 Å². The van der Waals surface area contributed by atoms with Crippen LogP contribution >= 0.6 is 12.2 Å². The summed E-state index contributed by atoms with van der Waals surface area (Å²) in [5.41, 5.74) is 7.24. The van der Waals surface area contributed by atoms with Crippen LogP contribution in [0.4, 0.5) is 5.69 Å². The van der Waals surface area contributed by atoms with Crippen molar-refractivity contribution in [2.24, 2.45) is 5.73 Å². The molecule has 0 aliphatic heterocycles. The van der Waals surface area contributed by atoms with E-state index in [4.69, 9.17) is 23.1 Å². The fourth-order valence-corrected chi connectivity index (χ4v) is 1.19. The highest BCUT2D eigenvalue weighted by Gasteiger charge is 1.95.